The molecule has 0 aromatic carbocycles. The highest BCUT2D eigenvalue weighted by Crippen LogP contribution is 2.09. The summed E-state index contributed by atoms with van der Waals surface area (Å²) < 4.78 is 0. The van der Waals surface area contributed by atoms with Gasteiger partial charge < -0.3 is 5.11 Å². The number of alkyl halides is 1. The maximum Gasteiger partial charge on any atom is 0.307 e. The number of hydrogen-bond donors (Lipinski definition) is 1. The van der Waals surface area contributed by atoms with Crippen LogP contribution in [-0.2, 0) is 9.59 Å². The second-order valence-electron chi connectivity index (χ2n) is 2.08. The number of rotatable bonds is 5. The second kappa shape index (κ2) is 5.38. The Morgan fingerprint density at radius 1 is 1.45 bits per heavy atom. The monoisotopic (exact) mass is 198 g/mol. The van der Waals surface area contributed by atoms with Gasteiger partial charge in [-0.15, -0.1) is 11.6 Å². The number of carboxylic acid groups (broad SMARTS) is 1. The molecule has 1 atom stereocenters. The summed E-state index contributed by atoms with van der Waals surface area (Å²) in [6.45, 7) is 0. The van der Waals surface area contributed by atoms with Crippen LogP contribution >= 0.6 is 23.2 Å². The molecule has 0 heterocycles. The average molecular weight is 199 g/mol. The number of aliphatic carboxylic acids is 1. The molecule has 0 aliphatic rings. The van der Waals surface area contributed by atoms with Gasteiger partial charge in [-0.2, -0.15) is 0 Å². The van der Waals surface area contributed by atoms with Gasteiger partial charge in [0, 0.05) is 12.3 Å². The smallest absolute Gasteiger partial charge is 0.307 e. The summed E-state index contributed by atoms with van der Waals surface area (Å²) in [4.78, 5) is 20.5. The maximum atomic E-state index is 10.3. The molecule has 0 aliphatic carbocycles. The van der Waals surface area contributed by atoms with Crippen molar-refractivity contribution in [2.24, 2.45) is 5.92 Å². The average Bonchev–Trinajstić information content (AvgIpc) is 1.87. The second-order valence-corrected chi connectivity index (χ2v) is 2.81. The molecule has 0 saturated carbocycles. The lowest BCUT2D eigenvalue weighted by Gasteiger charge is -2.04. The van der Waals surface area contributed by atoms with Gasteiger partial charge in [-0.1, -0.05) is 0 Å². The van der Waals surface area contributed by atoms with E-state index in [9.17, 15) is 9.59 Å². The Kier molecular flexibility index (Phi) is 5.24. The van der Waals surface area contributed by atoms with Gasteiger partial charge in [-0.05, 0) is 18.0 Å². The van der Waals surface area contributed by atoms with Crippen LogP contribution in [0.15, 0.2) is 0 Å². The van der Waals surface area contributed by atoms with Crippen LogP contribution in [0, 0.1) is 5.92 Å². The molecule has 0 saturated heterocycles. The Labute approximate surface area is 74.3 Å². The number of carboxylic acids is 1. The van der Waals surface area contributed by atoms with Gasteiger partial charge in [-0.3, -0.25) is 9.59 Å². The highest BCUT2D eigenvalue weighted by atomic mass is 35.5. The zero-order chi connectivity index (χ0) is 8.85. The topological polar surface area (TPSA) is 54.4 Å². The van der Waals surface area contributed by atoms with E-state index in [1.807, 2.05) is 0 Å². The van der Waals surface area contributed by atoms with Crippen molar-refractivity contribution in [2.45, 2.75) is 12.8 Å². The zero-order valence-electron chi connectivity index (χ0n) is 5.72. The van der Waals surface area contributed by atoms with E-state index >= 15 is 0 Å². The van der Waals surface area contributed by atoms with E-state index in [-0.39, 0.29) is 18.7 Å². The predicted molar refractivity (Wildman–Crippen MR) is 41.9 cm³/mol. The fourth-order valence-electron chi connectivity index (χ4n) is 0.554. The Morgan fingerprint density at radius 2 is 2.00 bits per heavy atom. The molecule has 0 aromatic heterocycles. The molecule has 0 aromatic rings. The SMILES string of the molecule is O=C(Cl)CCC(CCl)C(=O)O. The van der Waals surface area contributed by atoms with E-state index in [0.717, 1.165) is 0 Å². The lowest BCUT2D eigenvalue weighted by atomic mass is 10.1. The summed E-state index contributed by atoms with van der Waals surface area (Å²) in [5.74, 6) is -1.64. The minimum atomic E-state index is -0.988. The summed E-state index contributed by atoms with van der Waals surface area (Å²) in [7, 11) is 0. The van der Waals surface area contributed by atoms with Crippen LogP contribution in [-0.4, -0.2) is 22.2 Å². The van der Waals surface area contributed by atoms with Gasteiger partial charge in [0.05, 0.1) is 5.92 Å². The third-order valence-electron chi connectivity index (χ3n) is 1.22. The largest absolute Gasteiger partial charge is 0.481 e. The zero-order valence-corrected chi connectivity index (χ0v) is 7.23. The summed E-state index contributed by atoms with van der Waals surface area (Å²) >= 11 is 10.3. The maximum absolute atomic E-state index is 10.3. The molecule has 11 heavy (non-hydrogen) atoms. The molecule has 0 spiro atoms. The number of carbonyl (C=O) groups is 2. The van der Waals surface area contributed by atoms with Gasteiger partial charge in [0.25, 0.3) is 0 Å². The van der Waals surface area contributed by atoms with Gasteiger partial charge >= 0.3 is 5.97 Å². The number of carbonyl (C=O) groups excluding carboxylic acids is 1. The molecule has 1 N–H and O–H groups in total. The summed E-state index contributed by atoms with van der Waals surface area (Å²) in [5, 5.41) is 7.92. The van der Waals surface area contributed by atoms with Crippen molar-refractivity contribution < 1.29 is 14.7 Å². The molecule has 0 bridgehead atoms. The number of halogens is 2. The molecule has 1 unspecified atom stereocenters. The third kappa shape index (κ3) is 5.04. The molecule has 0 aliphatic heterocycles. The molecule has 0 rings (SSSR count). The minimum Gasteiger partial charge on any atom is -0.481 e. The minimum absolute atomic E-state index is 0.0134. The molecular weight excluding hydrogens is 191 g/mol. The number of hydrogen-bond acceptors (Lipinski definition) is 2. The molecule has 64 valence electrons. The quantitative estimate of drug-likeness (QED) is 0.538. The summed E-state index contributed by atoms with van der Waals surface area (Å²) in [6, 6.07) is 0. The van der Waals surface area contributed by atoms with Gasteiger partial charge in [0.1, 0.15) is 0 Å². The molecule has 3 nitrogen and oxygen atoms in total. The molecule has 5 heteroatoms. The van der Waals surface area contributed by atoms with Crippen molar-refractivity contribution in [3.8, 4) is 0 Å². The van der Waals surface area contributed by atoms with Crippen LogP contribution in [0.25, 0.3) is 0 Å². The van der Waals surface area contributed by atoms with E-state index in [4.69, 9.17) is 28.3 Å². The van der Waals surface area contributed by atoms with Crippen LogP contribution in [0.3, 0.4) is 0 Å². The fourth-order valence-corrected chi connectivity index (χ4v) is 0.950. The normalized spacial score (nSPS) is 12.5. The van der Waals surface area contributed by atoms with Crippen molar-refractivity contribution in [1.29, 1.82) is 0 Å². The van der Waals surface area contributed by atoms with Crippen LogP contribution in [0.1, 0.15) is 12.8 Å². The lowest BCUT2D eigenvalue weighted by Crippen LogP contribution is -2.15. The van der Waals surface area contributed by atoms with E-state index in [2.05, 4.69) is 0 Å². The van der Waals surface area contributed by atoms with Gasteiger partial charge in [0.15, 0.2) is 0 Å². The first-order chi connectivity index (χ1) is 5.07. The van der Waals surface area contributed by atoms with Crippen molar-refractivity contribution in [1.82, 2.24) is 0 Å². The predicted octanol–water partition coefficient (Wildman–Crippen LogP) is 1.47. The molecule has 0 radical (unpaired) electrons. The van der Waals surface area contributed by atoms with Crippen LogP contribution in [0.2, 0.25) is 0 Å². The van der Waals surface area contributed by atoms with Gasteiger partial charge in [0.2, 0.25) is 5.24 Å². The van der Waals surface area contributed by atoms with E-state index in [1.165, 1.54) is 0 Å². The first-order valence-corrected chi connectivity index (χ1v) is 3.96. The molecule has 0 amide bonds. The van der Waals surface area contributed by atoms with E-state index in [1.54, 1.807) is 0 Å². The Morgan fingerprint density at radius 3 is 2.27 bits per heavy atom. The van der Waals surface area contributed by atoms with E-state index in [0.29, 0.717) is 0 Å². The summed E-state index contributed by atoms with van der Waals surface area (Å²) in [5.41, 5.74) is 0. The third-order valence-corrected chi connectivity index (χ3v) is 1.79. The van der Waals surface area contributed by atoms with E-state index < -0.39 is 17.1 Å². The van der Waals surface area contributed by atoms with Crippen molar-refractivity contribution in [2.75, 3.05) is 5.88 Å². The Balaban J connectivity index is 3.70. The lowest BCUT2D eigenvalue weighted by molar-refractivity contribution is -0.141. The van der Waals surface area contributed by atoms with Crippen molar-refractivity contribution >= 4 is 34.4 Å². The summed E-state index contributed by atoms with van der Waals surface area (Å²) in [6.07, 6.45) is 0.270. The van der Waals surface area contributed by atoms with Crippen LogP contribution < -0.4 is 0 Å². The molecule has 0 fully saturated rings. The fraction of sp³-hybridized carbons (Fsp3) is 0.667. The first kappa shape index (κ1) is 10.7. The Bertz CT molecular complexity index is 158. The van der Waals surface area contributed by atoms with Gasteiger partial charge in [-0.25, -0.2) is 0 Å². The molecular formula is C6H8Cl2O3. The first-order valence-electron chi connectivity index (χ1n) is 3.05. The van der Waals surface area contributed by atoms with Crippen molar-refractivity contribution in [3.63, 3.8) is 0 Å². The van der Waals surface area contributed by atoms with Crippen LogP contribution in [0.5, 0.6) is 0 Å². The highest BCUT2D eigenvalue weighted by molar-refractivity contribution is 6.63. The Hall–Kier alpha value is -0.280. The highest BCUT2D eigenvalue weighted by Gasteiger charge is 2.16. The van der Waals surface area contributed by atoms with Crippen molar-refractivity contribution in [3.05, 3.63) is 0 Å². The van der Waals surface area contributed by atoms with Crippen LogP contribution in [0.4, 0.5) is 0 Å². The standard InChI is InChI=1S/C6H8Cl2O3/c7-3-4(6(10)11)1-2-5(8)9/h4H,1-3H2,(H,10,11).